The highest BCUT2D eigenvalue weighted by Gasteiger charge is 2.43. The fraction of sp³-hybridized carbons (Fsp3) is 0.188. The number of thioether (sulfide) groups is 1. The van der Waals surface area contributed by atoms with Crippen molar-refractivity contribution >= 4 is 40.6 Å². The van der Waals surface area contributed by atoms with Gasteiger partial charge < -0.3 is 16.2 Å². The van der Waals surface area contributed by atoms with Crippen molar-refractivity contribution in [2.75, 3.05) is 5.32 Å². The lowest BCUT2D eigenvalue weighted by Gasteiger charge is -2.27. The van der Waals surface area contributed by atoms with Crippen LogP contribution in [0.2, 0.25) is 5.02 Å². The summed E-state index contributed by atoms with van der Waals surface area (Å²) in [7, 11) is 0. The standard InChI is InChI=1S/C16H14ClN3OS/c17-9-5-6-11-10(7-9)16(21,15(18)20-11)8-14-19-12-3-1-2-4-13(12)22-14/h1-7,14,19,21H,8H2,(H2,18,20). The molecule has 0 radical (unpaired) electrons. The van der Waals surface area contributed by atoms with Crippen LogP contribution in [-0.2, 0) is 5.60 Å². The molecule has 0 saturated carbocycles. The fourth-order valence-electron chi connectivity index (χ4n) is 2.92. The highest BCUT2D eigenvalue weighted by molar-refractivity contribution is 8.00. The van der Waals surface area contributed by atoms with Gasteiger partial charge in [-0.25, -0.2) is 4.99 Å². The normalized spacial score (nSPS) is 25.4. The van der Waals surface area contributed by atoms with E-state index in [1.54, 1.807) is 30.0 Å². The molecular formula is C16H14ClN3OS. The van der Waals surface area contributed by atoms with Crippen molar-refractivity contribution in [3.8, 4) is 0 Å². The average molecular weight is 332 g/mol. The van der Waals surface area contributed by atoms with Crippen molar-refractivity contribution < 1.29 is 5.11 Å². The van der Waals surface area contributed by atoms with Crippen LogP contribution in [0.3, 0.4) is 0 Å². The van der Waals surface area contributed by atoms with Crippen molar-refractivity contribution in [1.82, 2.24) is 0 Å². The van der Waals surface area contributed by atoms with Gasteiger partial charge in [-0.1, -0.05) is 35.5 Å². The second kappa shape index (κ2) is 4.91. The van der Waals surface area contributed by atoms with Gasteiger partial charge >= 0.3 is 0 Å². The highest BCUT2D eigenvalue weighted by atomic mass is 35.5. The summed E-state index contributed by atoms with van der Waals surface area (Å²) in [6.45, 7) is 0. The maximum Gasteiger partial charge on any atom is 0.151 e. The Hall–Kier alpha value is -1.69. The van der Waals surface area contributed by atoms with Crippen LogP contribution in [0.1, 0.15) is 12.0 Å². The Kier molecular flexibility index (Phi) is 3.11. The molecule has 0 aromatic heterocycles. The van der Waals surface area contributed by atoms with Gasteiger partial charge in [0.25, 0.3) is 0 Å². The molecule has 6 heteroatoms. The van der Waals surface area contributed by atoms with Crippen molar-refractivity contribution in [1.29, 1.82) is 0 Å². The zero-order valence-corrected chi connectivity index (χ0v) is 13.2. The number of aliphatic imine (C=N–C) groups is 1. The molecule has 2 aromatic carbocycles. The third-order valence-corrected chi connectivity index (χ3v) is 5.44. The predicted octanol–water partition coefficient (Wildman–Crippen LogP) is 3.46. The van der Waals surface area contributed by atoms with Gasteiger partial charge in [-0.2, -0.15) is 0 Å². The van der Waals surface area contributed by atoms with Crippen LogP contribution in [0.15, 0.2) is 52.4 Å². The summed E-state index contributed by atoms with van der Waals surface area (Å²) in [5, 5.41) is 15.1. The first-order valence-electron chi connectivity index (χ1n) is 6.95. The van der Waals surface area contributed by atoms with E-state index in [0.29, 0.717) is 22.7 Å². The summed E-state index contributed by atoms with van der Waals surface area (Å²) >= 11 is 7.75. The van der Waals surface area contributed by atoms with Gasteiger partial charge in [0.05, 0.1) is 11.1 Å². The van der Waals surface area contributed by atoms with Crippen molar-refractivity contribution in [2.45, 2.75) is 22.3 Å². The Labute approximate surface area is 137 Å². The number of hydrogen-bond donors (Lipinski definition) is 3. The van der Waals surface area contributed by atoms with Gasteiger partial charge in [0.15, 0.2) is 5.60 Å². The van der Waals surface area contributed by atoms with Crippen LogP contribution < -0.4 is 11.1 Å². The molecule has 0 amide bonds. The first-order chi connectivity index (χ1) is 10.6. The van der Waals surface area contributed by atoms with E-state index in [2.05, 4.69) is 16.4 Å². The Morgan fingerprint density at radius 2 is 2.14 bits per heavy atom. The summed E-state index contributed by atoms with van der Waals surface area (Å²) in [6, 6.07) is 13.4. The molecule has 4 nitrogen and oxygen atoms in total. The number of hydrogen-bond acceptors (Lipinski definition) is 5. The Morgan fingerprint density at radius 3 is 2.95 bits per heavy atom. The van der Waals surface area contributed by atoms with Gasteiger partial charge in [0.1, 0.15) is 5.84 Å². The molecule has 2 unspecified atom stereocenters. The second-order valence-corrected chi connectivity index (χ2v) is 7.15. The molecule has 0 spiro atoms. The number of para-hydroxylation sites is 1. The molecule has 2 heterocycles. The molecule has 2 aromatic rings. The number of nitrogens with zero attached hydrogens (tertiary/aromatic N) is 1. The largest absolute Gasteiger partial charge is 0.384 e. The summed E-state index contributed by atoms with van der Waals surface area (Å²) in [5.74, 6) is 0.225. The Morgan fingerprint density at radius 1 is 1.32 bits per heavy atom. The smallest absolute Gasteiger partial charge is 0.151 e. The van der Waals surface area contributed by atoms with Gasteiger partial charge in [-0.15, -0.1) is 0 Å². The fourth-order valence-corrected chi connectivity index (χ4v) is 4.32. The van der Waals surface area contributed by atoms with E-state index < -0.39 is 5.60 Å². The van der Waals surface area contributed by atoms with E-state index in [4.69, 9.17) is 17.3 Å². The molecule has 2 aliphatic heterocycles. The topological polar surface area (TPSA) is 70.6 Å². The number of anilines is 1. The minimum absolute atomic E-state index is 0.0288. The van der Waals surface area contributed by atoms with Crippen LogP contribution in [0.5, 0.6) is 0 Å². The number of benzene rings is 2. The first kappa shape index (κ1) is 13.9. The molecule has 22 heavy (non-hydrogen) atoms. The molecule has 112 valence electrons. The summed E-state index contributed by atoms with van der Waals surface area (Å²) in [4.78, 5) is 5.46. The minimum atomic E-state index is -1.28. The zero-order chi connectivity index (χ0) is 15.3. The molecule has 4 N–H and O–H groups in total. The summed E-state index contributed by atoms with van der Waals surface area (Å²) in [6.07, 6.45) is 0.426. The van der Waals surface area contributed by atoms with Gasteiger partial charge in [-0.05, 0) is 30.3 Å². The quantitative estimate of drug-likeness (QED) is 0.788. The van der Waals surface area contributed by atoms with E-state index >= 15 is 0 Å². The molecule has 0 aliphatic carbocycles. The number of nitrogens with one attached hydrogen (secondary N) is 1. The average Bonchev–Trinajstić information content (AvgIpc) is 2.99. The lowest BCUT2D eigenvalue weighted by atomic mass is 9.90. The van der Waals surface area contributed by atoms with Crippen LogP contribution >= 0.6 is 23.4 Å². The SMILES string of the molecule is NC1=Nc2ccc(Cl)cc2C1(O)CC1Nc2ccccc2S1. The maximum atomic E-state index is 11.1. The number of halogens is 1. The molecule has 2 atom stereocenters. The van der Waals surface area contributed by atoms with Gasteiger partial charge in [0, 0.05) is 27.6 Å². The van der Waals surface area contributed by atoms with Gasteiger partial charge in [0.2, 0.25) is 0 Å². The van der Waals surface area contributed by atoms with Crippen molar-refractivity contribution in [2.24, 2.45) is 10.7 Å². The van der Waals surface area contributed by atoms with Gasteiger partial charge in [-0.3, -0.25) is 0 Å². The summed E-state index contributed by atoms with van der Waals surface area (Å²) in [5.41, 5.74) is 7.18. The van der Waals surface area contributed by atoms with Crippen molar-refractivity contribution in [3.63, 3.8) is 0 Å². The van der Waals surface area contributed by atoms with E-state index in [-0.39, 0.29) is 11.2 Å². The number of rotatable bonds is 2. The summed E-state index contributed by atoms with van der Waals surface area (Å²) < 4.78 is 0. The first-order valence-corrected chi connectivity index (χ1v) is 8.21. The predicted molar refractivity (Wildman–Crippen MR) is 91.0 cm³/mol. The van der Waals surface area contributed by atoms with Crippen molar-refractivity contribution in [3.05, 3.63) is 53.1 Å². The van der Waals surface area contributed by atoms with E-state index in [9.17, 15) is 5.11 Å². The third-order valence-electron chi connectivity index (χ3n) is 4.02. The molecular weight excluding hydrogens is 318 g/mol. The third kappa shape index (κ3) is 2.08. The van der Waals surface area contributed by atoms with E-state index in [0.717, 1.165) is 5.69 Å². The second-order valence-electron chi connectivity index (χ2n) is 5.47. The maximum absolute atomic E-state index is 11.1. The molecule has 0 bridgehead atoms. The lowest BCUT2D eigenvalue weighted by molar-refractivity contribution is 0.105. The molecule has 4 rings (SSSR count). The number of amidine groups is 1. The van der Waals surface area contributed by atoms with Crippen LogP contribution in [0, 0.1) is 0 Å². The number of nitrogens with two attached hydrogens (primary N) is 1. The van der Waals surface area contributed by atoms with E-state index in [1.165, 1.54) is 4.90 Å². The molecule has 0 fully saturated rings. The molecule has 0 saturated heterocycles. The molecule has 2 aliphatic rings. The number of aliphatic hydroxyl groups is 1. The monoisotopic (exact) mass is 331 g/mol. The van der Waals surface area contributed by atoms with Crippen LogP contribution in [-0.4, -0.2) is 16.3 Å². The lowest BCUT2D eigenvalue weighted by Crippen LogP contribution is -2.41. The zero-order valence-electron chi connectivity index (χ0n) is 11.6. The van der Waals surface area contributed by atoms with E-state index in [1.807, 2.05) is 18.2 Å². The van der Waals surface area contributed by atoms with Crippen LogP contribution in [0.25, 0.3) is 0 Å². The Bertz CT molecular complexity index is 770. The Balaban J connectivity index is 1.64. The number of fused-ring (bicyclic) bond motifs is 2. The minimum Gasteiger partial charge on any atom is -0.384 e. The highest BCUT2D eigenvalue weighted by Crippen LogP contribution is 2.46. The van der Waals surface area contributed by atoms with Crippen LogP contribution in [0.4, 0.5) is 11.4 Å².